The first kappa shape index (κ1) is 48.0. The van der Waals surface area contributed by atoms with Crippen LogP contribution in [0.15, 0.2) is 24.3 Å². The fourth-order valence-electron chi connectivity index (χ4n) is 5.34. The van der Waals surface area contributed by atoms with Crippen molar-refractivity contribution in [3.63, 3.8) is 0 Å². The maximum Gasteiger partial charge on any atom is 0.258 e. The maximum absolute atomic E-state index is 13.1. The van der Waals surface area contributed by atoms with Gasteiger partial charge in [-0.05, 0) is 56.2 Å². The summed E-state index contributed by atoms with van der Waals surface area (Å²) in [6.07, 6.45) is 0.879. The van der Waals surface area contributed by atoms with Crippen LogP contribution in [-0.2, 0) is 40.0 Å². The molecule has 0 saturated heterocycles. The van der Waals surface area contributed by atoms with Crippen molar-refractivity contribution >= 4 is 47.6 Å². The molecule has 6 atom stereocenters. The molecule has 19 nitrogen and oxygen atoms in total. The maximum atomic E-state index is 13.1. The number of nitrogens with one attached hydrogen (secondary N) is 6. The summed E-state index contributed by atoms with van der Waals surface area (Å²) in [4.78, 5) is 101. The number of carbonyl (C=O) groups is 8. The molecular weight excluding hydrogens is 718 g/mol. The van der Waals surface area contributed by atoms with Crippen molar-refractivity contribution in [1.82, 2.24) is 36.8 Å². The Kier molecular flexibility index (Phi) is 22.0. The van der Waals surface area contributed by atoms with Crippen molar-refractivity contribution < 1.29 is 48.6 Å². The molecule has 55 heavy (non-hydrogen) atoms. The van der Waals surface area contributed by atoms with E-state index in [1.54, 1.807) is 26.0 Å². The highest BCUT2D eigenvalue weighted by Gasteiger charge is 2.34. The molecule has 0 fully saturated rings. The molecule has 0 aliphatic rings. The topological polar surface area (TPSA) is 304 Å². The third-order valence-corrected chi connectivity index (χ3v) is 8.38. The molecule has 0 radical (unpaired) electrons. The first-order valence-corrected chi connectivity index (χ1v) is 18.3. The molecule has 1 rings (SSSR count). The lowest BCUT2D eigenvalue weighted by Crippen LogP contribution is -2.62. The predicted octanol–water partition coefficient (Wildman–Crippen LogP) is -2.74. The number of aliphatic hydroxyl groups is 2. The number of nitrogens with zero attached hydrogens (tertiary/aromatic N) is 1. The lowest BCUT2D eigenvalue weighted by Gasteiger charge is -2.30. The summed E-state index contributed by atoms with van der Waals surface area (Å²) < 4.78 is 0. The molecule has 0 aromatic heterocycles. The van der Waals surface area contributed by atoms with E-state index in [0.29, 0.717) is 11.8 Å². The van der Waals surface area contributed by atoms with Crippen LogP contribution in [0.2, 0.25) is 0 Å². The van der Waals surface area contributed by atoms with Gasteiger partial charge in [0.2, 0.25) is 23.6 Å². The number of likely N-dealkylation sites (N-methyl/N-ethyl adjacent to an activating group) is 1. The number of amides is 7. The Morgan fingerprint density at radius 3 is 1.96 bits per heavy atom. The summed E-state index contributed by atoms with van der Waals surface area (Å²) in [5.74, 6) is -6.01. The Labute approximate surface area is 321 Å². The molecule has 1 unspecified atom stereocenters. The highest BCUT2D eigenvalue weighted by Crippen LogP contribution is 2.11. The summed E-state index contributed by atoms with van der Waals surface area (Å²) in [6.45, 7) is 5.45. The van der Waals surface area contributed by atoms with Gasteiger partial charge in [-0.15, -0.1) is 0 Å². The number of nitrogens with two attached hydrogens (primary N) is 2. The summed E-state index contributed by atoms with van der Waals surface area (Å²) in [6, 6.07) is 3.01. The van der Waals surface area contributed by atoms with Crippen LogP contribution in [0.3, 0.4) is 0 Å². The molecule has 1 aromatic carbocycles. The van der Waals surface area contributed by atoms with E-state index >= 15 is 0 Å². The number of unbranched alkanes of at least 4 members (excludes halogenated alkanes) is 3. The van der Waals surface area contributed by atoms with Crippen LogP contribution in [0.5, 0.6) is 0 Å². The monoisotopic (exact) mass is 777 g/mol. The summed E-state index contributed by atoms with van der Waals surface area (Å²) in [5, 5.41) is 33.7. The van der Waals surface area contributed by atoms with Crippen LogP contribution < -0.4 is 43.4 Å². The molecule has 0 bridgehead atoms. The zero-order chi connectivity index (χ0) is 41.7. The number of hydrogen-bond donors (Lipinski definition) is 10. The second-order valence-electron chi connectivity index (χ2n) is 13.5. The van der Waals surface area contributed by atoms with Crippen LogP contribution in [0.25, 0.3) is 0 Å². The average Bonchev–Trinajstić information content (AvgIpc) is 3.13. The zero-order valence-corrected chi connectivity index (χ0v) is 32.3. The van der Waals surface area contributed by atoms with E-state index in [9.17, 15) is 48.6 Å². The molecule has 0 spiro atoms. The standard InChI is InChI=1S/C36H59N9O10/c1-6-7-8-9-10-23-11-13-24(14-12-23)31(50)41-25(15-17-46)33(52)43-29(37)35(54)40-20-27(49)45(5)28(22(4)48)34(53)44-30(38)36(55)42-26(19-21(2)3)32(51)39-16-18-47/h11-14,18,21-22,25-26,28-30,46,48H,6-10,15-17,19-20,37-38H2,1-5H3,(H,39,51)(H,40,54)(H,41,50)(H,42,55)(H,43,52)(H,44,53)/t22?,25-,26+,28+,29+,30-/m1/s1. The van der Waals surface area contributed by atoms with Gasteiger partial charge in [0.25, 0.3) is 17.7 Å². The van der Waals surface area contributed by atoms with Gasteiger partial charge < -0.3 is 63.3 Å². The van der Waals surface area contributed by atoms with Crippen molar-refractivity contribution in [1.29, 1.82) is 0 Å². The Bertz CT molecular complexity index is 1440. The lowest BCUT2D eigenvalue weighted by atomic mass is 10.0. The van der Waals surface area contributed by atoms with E-state index in [2.05, 4.69) is 38.8 Å². The molecule has 19 heteroatoms. The van der Waals surface area contributed by atoms with Gasteiger partial charge in [0.15, 0.2) is 12.3 Å². The van der Waals surface area contributed by atoms with Crippen molar-refractivity contribution in [3.8, 4) is 0 Å². The lowest BCUT2D eigenvalue weighted by molar-refractivity contribution is -0.144. The number of rotatable bonds is 25. The average molecular weight is 778 g/mol. The summed E-state index contributed by atoms with van der Waals surface area (Å²) >= 11 is 0. The van der Waals surface area contributed by atoms with E-state index in [1.807, 2.05) is 12.1 Å². The summed E-state index contributed by atoms with van der Waals surface area (Å²) in [7, 11) is 1.15. The van der Waals surface area contributed by atoms with Crippen LogP contribution in [0.4, 0.5) is 0 Å². The van der Waals surface area contributed by atoms with Crippen molar-refractivity contribution in [2.24, 2.45) is 17.4 Å². The van der Waals surface area contributed by atoms with E-state index in [1.165, 1.54) is 6.92 Å². The van der Waals surface area contributed by atoms with Crippen LogP contribution in [0.1, 0.15) is 82.1 Å². The molecule has 0 heterocycles. The Morgan fingerprint density at radius 1 is 0.782 bits per heavy atom. The van der Waals surface area contributed by atoms with E-state index in [4.69, 9.17) is 11.5 Å². The van der Waals surface area contributed by atoms with Gasteiger partial charge in [0.1, 0.15) is 24.4 Å². The van der Waals surface area contributed by atoms with Gasteiger partial charge in [0, 0.05) is 19.2 Å². The van der Waals surface area contributed by atoms with Gasteiger partial charge in [-0.2, -0.15) is 0 Å². The number of aliphatic hydroxyl groups excluding tert-OH is 2. The molecule has 1 aromatic rings. The van der Waals surface area contributed by atoms with Gasteiger partial charge in [-0.1, -0.05) is 52.2 Å². The second-order valence-corrected chi connectivity index (χ2v) is 13.5. The van der Waals surface area contributed by atoms with E-state index < -0.39 is 91.1 Å². The van der Waals surface area contributed by atoms with Crippen LogP contribution in [0, 0.1) is 5.92 Å². The fourth-order valence-corrected chi connectivity index (χ4v) is 5.34. The van der Waals surface area contributed by atoms with Crippen molar-refractivity contribution in [3.05, 3.63) is 35.4 Å². The quantitative estimate of drug-likeness (QED) is 0.0275. The first-order chi connectivity index (χ1) is 26.0. The zero-order valence-electron chi connectivity index (χ0n) is 32.3. The Balaban J connectivity index is 2.78. The van der Waals surface area contributed by atoms with Crippen LogP contribution in [-0.4, -0.2) is 126 Å². The highest BCUT2D eigenvalue weighted by atomic mass is 16.3. The minimum Gasteiger partial charge on any atom is -0.396 e. The largest absolute Gasteiger partial charge is 0.396 e. The number of hydrogen-bond acceptors (Lipinski definition) is 12. The molecule has 308 valence electrons. The molecule has 12 N–H and O–H groups in total. The molecule has 0 aliphatic carbocycles. The summed E-state index contributed by atoms with van der Waals surface area (Å²) in [5.41, 5.74) is 13.0. The number of aryl methyl sites for hydroxylation is 1. The molecule has 0 saturated carbocycles. The molecule has 7 amide bonds. The first-order valence-electron chi connectivity index (χ1n) is 18.3. The highest BCUT2D eigenvalue weighted by molar-refractivity contribution is 5.99. The Hall–Kier alpha value is -4.98. The van der Waals surface area contributed by atoms with E-state index in [-0.39, 0.29) is 25.3 Å². The SMILES string of the molecule is CCCCCCc1ccc(C(=O)N[C@H](CCO)C(=O)N[C@H](N)C(=O)NCC(=O)N(C)[C@H](C(=O)N[C@@H](N)C(=O)N[C@@H](CC(C)C)C(=O)NCC=O)C(C)O)cc1. The molecule has 0 aliphatic heterocycles. The minimum absolute atomic E-state index is 0.0435. The second kappa shape index (κ2) is 25.2. The fraction of sp³-hybridized carbons (Fsp3) is 0.611. The smallest absolute Gasteiger partial charge is 0.258 e. The van der Waals surface area contributed by atoms with Gasteiger partial charge in [-0.3, -0.25) is 33.6 Å². The van der Waals surface area contributed by atoms with E-state index in [0.717, 1.165) is 49.6 Å². The third-order valence-electron chi connectivity index (χ3n) is 8.38. The van der Waals surface area contributed by atoms with Crippen LogP contribution >= 0.6 is 0 Å². The van der Waals surface area contributed by atoms with Gasteiger partial charge in [-0.25, -0.2) is 0 Å². The molecular formula is C36H59N9O10. The van der Waals surface area contributed by atoms with Crippen molar-refractivity contribution in [2.45, 2.75) is 109 Å². The van der Waals surface area contributed by atoms with Gasteiger partial charge >= 0.3 is 0 Å². The third kappa shape index (κ3) is 17.4. The Morgan fingerprint density at radius 2 is 1.40 bits per heavy atom. The number of aldehydes is 1. The van der Waals surface area contributed by atoms with Gasteiger partial charge in [0.05, 0.1) is 19.2 Å². The normalized spacial score (nSPS) is 14.2. The minimum atomic E-state index is -1.71. The number of benzene rings is 1. The van der Waals surface area contributed by atoms with Crippen molar-refractivity contribution in [2.75, 3.05) is 26.7 Å². The predicted molar refractivity (Wildman–Crippen MR) is 201 cm³/mol. The number of carbonyl (C=O) groups excluding carboxylic acids is 8.